The molecule has 0 aromatic heterocycles. The Morgan fingerprint density at radius 2 is 1.39 bits per heavy atom. The highest BCUT2D eigenvalue weighted by atomic mass is 31.2. The van der Waals surface area contributed by atoms with E-state index in [4.69, 9.17) is 14.0 Å². The van der Waals surface area contributed by atoms with Gasteiger partial charge in [-0.2, -0.15) is 0 Å². The second kappa shape index (κ2) is 27.3. The summed E-state index contributed by atoms with van der Waals surface area (Å²) < 4.78 is 30.8. The van der Waals surface area contributed by atoms with Crippen LogP contribution in [0, 0.1) is 17.8 Å². The molecule has 2 saturated heterocycles. The average Bonchev–Trinajstić information content (AvgIpc) is 4.00. The summed E-state index contributed by atoms with van der Waals surface area (Å²) >= 11 is 0. The van der Waals surface area contributed by atoms with Crippen molar-refractivity contribution in [3.05, 3.63) is 71.8 Å². The van der Waals surface area contributed by atoms with Gasteiger partial charge in [-0.15, -0.1) is 0 Å². The van der Waals surface area contributed by atoms with Crippen molar-refractivity contribution in [3.63, 3.8) is 0 Å². The summed E-state index contributed by atoms with van der Waals surface area (Å²) in [5.74, 6) is -3.29. The molecule has 2 aromatic rings. The first-order valence-electron chi connectivity index (χ1n) is 24.1. The molecule has 3 aliphatic rings. The fourth-order valence-electron chi connectivity index (χ4n) is 9.18. The number of nitrogens with one attached hydrogen (secondary N) is 1. The van der Waals surface area contributed by atoms with Crippen molar-refractivity contribution in [3.8, 4) is 0 Å². The molecule has 0 spiro atoms. The number of unbranched alkanes of at least 4 members (excludes halogenated alkanes) is 1. The number of carboxylic acid groups (broad SMARTS) is 2. The van der Waals surface area contributed by atoms with Gasteiger partial charge >= 0.3 is 23.9 Å². The van der Waals surface area contributed by atoms with E-state index < -0.39 is 67.6 Å². The van der Waals surface area contributed by atoms with Crippen LogP contribution in [0.25, 0.3) is 0 Å². The topological polar surface area (TPSA) is 206 Å². The van der Waals surface area contributed by atoms with Gasteiger partial charge in [0.1, 0.15) is 24.3 Å². The normalized spacial score (nSPS) is 20.9. The summed E-state index contributed by atoms with van der Waals surface area (Å²) in [6.07, 6.45) is 9.41. The number of ether oxygens (including phenoxy) is 2. The number of hydrogen-bond acceptors (Lipinski definition) is 11. The smallest absolute Gasteiger partial charge is 0.326 e. The highest BCUT2D eigenvalue weighted by Gasteiger charge is 2.45. The van der Waals surface area contributed by atoms with Crippen LogP contribution in [-0.4, -0.2) is 118 Å². The number of aryl methyl sites for hydroxylation is 2. The summed E-state index contributed by atoms with van der Waals surface area (Å²) in [6.45, 7) is 9.77. The summed E-state index contributed by atoms with van der Waals surface area (Å²) in [6, 6.07) is 16.8. The van der Waals surface area contributed by atoms with Crippen molar-refractivity contribution in [1.82, 2.24) is 15.1 Å². The van der Waals surface area contributed by atoms with E-state index in [1.165, 1.54) is 21.8 Å². The lowest BCUT2D eigenvalue weighted by molar-refractivity contribution is -0.169. The van der Waals surface area contributed by atoms with Crippen LogP contribution in [0.3, 0.4) is 0 Å². The van der Waals surface area contributed by atoms with E-state index in [9.17, 15) is 43.5 Å². The minimum Gasteiger partial charge on any atom is -0.480 e. The molecule has 66 heavy (non-hydrogen) atoms. The molecule has 15 nitrogen and oxygen atoms in total. The minimum atomic E-state index is -3.60. The monoisotopic (exact) mass is 940 g/mol. The molecule has 1 saturated carbocycles. The zero-order valence-electron chi connectivity index (χ0n) is 39.6. The molecule has 5 rings (SSSR count). The Balaban J connectivity index is 0.000000309. The summed E-state index contributed by atoms with van der Waals surface area (Å²) in [5.41, 5.74) is 2.27. The standard InChI is InChI=1S/C30H46NO7P.C20H28N2O5/c1-4-28(33)37-30(22(2)3)38-39(36,18-12-11-15-23-13-7-5-8-14-23)21-27(32)31-20-25(19-26(31)29(34)35)24-16-9-6-10-17-24;1-3-27-20(26)16(12-11-15-8-5-4-6-9-15)21-14(2)18(23)22-13-7-10-17(22)19(24)25/h5,7-8,13-14,22,24-26,30H,4,6,9-12,15-21H2,1-3H3,(H,34,35);4-6,8-9,14,16-17,21H,3,7,10-13H2,1-2H3,(H,24,25)/t25-,26+,30?,39?;14-,16-,17-/m10/s1. The first-order valence-corrected chi connectivity index (χ1v) is 26.1. The second-order valence-electron chi connectivity index (χ2n) is 18.2. The van der Waals surface area contributed by atoms with Crippen molar-refractivity contribution in [2.45, 2.75) is 155 Å². The molecule has 1 aliphatic carbocycles. The zero-order valence-corrected chi connectivity index (χ0v) is 40.5. The lowest BCUT2D eigenvalue weighted by Crippen LogP contribution is -2.53. The molecule has 2 unspecified atom stereocenters. The molecule has 16 heteroatoms. The molecule has 2 aromatic carbocycles. The number of carboxylic acids is 2. The van der Waals surface area contributed by atoms with E-state index in [2.05, 4.69) is 5.32 Å². The van der Waals surface area contributed by atoms with Gasteiger partial charge in [0.15, 0.2) is 0 Å². The number of benzene rings is 2. The number of amides is 2. The van der Waals surface area contributed by atoms with Crippen LogP contribution in [0.4, 0.5) is 0 Å². The van der Waals surface area contributed by atoms with E-state index in [0.29, 0.717) is 57.5 Å². The summed E-state index contributed by atoms with van der Waals surface area (Å²) in [4.78, 5) is 76.9. The van der Waals surface area contributed by atoms with Crippen LogP contribution >= 0.6 is 7.37 Å². The average molecular weight is 940 g/mol. The Labute approximate surface area is 391 Å². The van der Waals surface area contributed by atoms with Gasteiger partial charge in [0.25, 0.3) is 0 Å². The van der Waals surface area contributed by atoms with E-state index in [1.54, 1.807) is 20.8 Å². The number of carbonyl (C=O) groups is 6. The van der Waals surface area contributed by atoms with Crippen LogP contribution in [-0.2, 0) is 60.2 Å². The second-order valence-corrected chi connectivity index (χ2v) is 20.8. The lowest BCUT2D eigenvalue weighted by atomic mass is 9.79. The van der Waals surface area contributed by atoms with E-state index in [0.717, 1.165) is 44.1 Å². The van der Waals surface area contributed by atoms with Crippen molar-refractivity contribution in [1.29, 1.82) is 0 Å². The maximum Gasteiger partial charge on any atom is 0.326 e. The Morgan fingerprint density at radius 3 is 1.97 bits per heavy atom. The quantitative estimate of drug-likeness (QED) is 0.0423. The maximum atomic E-state index is 14.2. The first kappa shape index (κ1) is 54.0. The molecule has 2 heterocycles. The number of esters is 2. The third-order valence-corrected chi connectivity index (χ3v) is 15.2. The molecule has 2 amide bonds. The molecule has 3 N–H and O–H groups in total. The van der Waals surface area contributed by atoms with Gasteiger partial charge in [0.2, 0.25) is 25.5 Å². The van der Waals surface area contributed by atoms with Crippen LogP contribution in [0.15, 0.2) is 60.7 Å². The Kier molecular flexibility index (Phi) is 22.3. The predicted molar refractivity (Wildman–Crippen MR) is 251 cm³/mol. The summed E-state index contributed by atoms with van der Waals surface area (Å²) in [5, 5.41) is 22.2. The number of nitrogens with zero attached hydrogens (tertiary/aromatic N) is 2. The fraction of sp³-hybridized carbons (Fsp3) is 0.640. The largest absolute Gasteiger partial charge is 0.480 e. The zero-order chi connectivity index (χ0) is 48.2. The predicted octanol–water partition coefficient (Wildman–Crippen LogP) is 7.73. The Morgan fingerprint density at radius 1 is 0.773 bits per heavy atom. The third-order valence-electron chi connectivity index (χ3n) is 12.8. The number of carbonyl (C=O) groups excluding carboxylic acids is 4. The fourth-order valence-corrected chi connectivity index (χ4v) is 11.5. The molecule has 7 atom stereocenters. The Bertz CT molecular complexity index is 1910. The van der Waals surface area contributed by atoms with E-state index in [-0.39, 0.29) is 43.1 Å². The van der Waals surface area contributed by atoms with Gasteiger partial charge in [-0.3, -0.25) is 33.6 Å². The lowest BCUT2D eigenvalue weighted by Gasteiger charge is -2.30. The van der Waals surface area contributed by atoms with Crippen LogP contribution < -0.4 is 5.32 Å². The molecule has 3 fully saturated rings. The minimum absolute atomic E-state index is 0.149. The number of hydrogen-bond donors (Lipinski definition) is 3. The highest BCUT2D eigenvalue weighted by molar-refractivity contribution is 7.59. The van der Waals surface area contributed by atoms with Crippen molar-refractivity contribution >= 4 is 43.1 Å². The van der Waals surface area contributed by atoms with Gasteiger partial charge in [0, 0.05) is 31.6 Å². The third kappa shape index (κ3) is 16.9. The molecule has 366 valence electrons. The molecule has 2 aliphatic heterocycles. The van der Waals surface area contributed by atoms with Crippen LogP contribution in [0.5, 0.6) is 0 Å². The van der Waals surface area contributed by atoms with Crippen LogP contribution in [0.1, 0.15) is 123 Å². The van der Waals surface area contributed by atoms with Crippen molar-refractivity contribution < 1.29 is 57.5 Å². The van der Waals surface area contributed by atoms with E-state index >= 15 is 0 Å². The maximum absolute atomic E-state index is 14.2. The first-order chi connectivity index (χ1) is 31.5. The van der Waals surface area contributed by atoms with Crippen molar-refractivity contribution in [2.24, 2.45) is 17.8 Å². The van der Waals surface area contributed by atoms with Gasteiger partial charge < -0.3 is 29.5 Å². The van der Waals surface area contributed by atoms with Gasteiger partial charge in [0.05, 0.1) is 12.6 Å². The summed E-state index contributed by atoms with van der Waals surface area (Å²) in [7, 11) is -3.60. The van der Waals surface area contributed by atoms with E-state index in [1.807, 2.05) is 74.5 Å². The SMILES string of the molecule is CCC(=O)OC(OP(=O)(CCCCc1ccccc1)CC(=O)N1C[C@H](C2CCCCC2)C[C@H]1C(=O)O)C(C)C.CCOC(=O)[C@H](CCc1ccccc1)N[C@@H](C)C(=O)N1CCC[C@H]1C(=O)O. The molecule has 0 bridgehead atoms. The number of rotatable bonds is 23. The van der Waals surface area contributed by atoms with Gasteiger partial charge in [-0.25, -0.2) is 9.59 Å². The molecule has 0 radical (unpaired) electrons. The molecular formula is C50H74N3O12P. The number of aliphatic carboxylic acids is 2. The van der Waals surface area contributed by atoms with Gasteiger partial charge in [-0.05, 0) is 88.2 Å². The highest BCUT2D eigenvalue weighted by Crippen LogP contribution is 2.51. The van der Waals surface area contributed by atoms with Crippen LogP contribution in [0.2, 0.25) is 0 Å². The molecular weight excluding hydrogens is 866 g/mol. The Hall–Kier alpha value is -4.59. The van der Waals surface area contributed by atoms with Crippen molar-refractivity contribution in [2.75, 3.05) is 32.0 Å². The van der Waals surface area contributed by atoms with Gasteiger partial charge in [-0.1, -0.05) is 114 Å². The number of likely N-dealkylation sites (tertiary alicyclic amines) is 2.